The Morgan fingerprint density at radius 3 is 3.12 bits per heavy atom. The second-order valence-corrected chi connectivity index (χ2v) is 5.92. The van der Waals surface area contributed by atoms with E-state index < -0.39 is 0 Å². The number of amides is 1. The fraction of sp³-hybridized carbons (Fsp3) is 0.294. The van der Waals surface area contributed by atoms with Gasteiger partial charge in [0.1, 0.15) is 18.2 Å². The van der Waals surface area contributed by atoms with Gasteiger partial charge >= 0.3 is 0 Å². The molecule has 3 aromatic rings. The zero-order chi connectivity index (χ0) is 17.2. The summed E-state index contributed by atoms with van der Waals surface area (Å²) in [5.41, 5.74) is 1.80. The first-order chi connectivity index (χ1) is 12.2. The number of carbonyl (C=O) groups is 1. The number of carbonyl (C=O) groups excluding carboxylic acids is 1. The number of hydrogen-bond donors (Lipinski definition) is 0. The van der Waals surface area contributed by atoms with Crippen LogP contribution in [0.15, 0.2) is 42.7 Å². The van der Waals surface area contributed by atoms with E-state index in [-0.39, 0.29) is 18.6 Å². The minimum atomic E-state index is -0.134. The molecule has 0 radical (unpaired) electrons. The van der Waals surface area contributed by atoms with Gasteiger partial charge < -0.3 is 14.4 Å². The molecule has 128 valence electrons. The molecule has 1 aliphatic rings. The fourth-order valence-corrected chi connectivity index (χ4v) is 2.80. The van der Waals surface area contributed by atoms with Gasteiger partial charge in [-0.1, -0.05) is 18.2 Å². The summed E-state index contributed by atoms with van der Waals surface area (Å²) in [6.07, 6.45) is 2.25. The Labute approximate surface area is 144 Å². The molecule has 25 heavy (non-hydrogen) atoms. The van der Waals surface area contributed by atoms with Crippen LogP contribution in [0.1, 0.15) is 5.56 Å². The molecule has 0 aliphatic carbocycles. The molecule has 0 saturated heterocycles. The van der Waals surface area contributed by atoms with Crippen molar-refractivity contribution in [3.8, 4) is 11.6 Å². The first kappa shape index (κ1) is 15.4. The van der Waals surface area contributed by atoms with Crippen molar-refractivity contribution in [2.45, 2.75) is 12.5 Å². The number of ether oxygens (including phenoxy) is 2. The minimum absolute atomic E-state index is 0.0298. The number of aromatic nitrogens is 4. The van der Waals surface area contributed by atoms with E-state index in [9.17, 15) is 4.79 Å². The molecule has 0 bridgehead atoms. The summed E-state index contributed by atoms with van der Waals surface area (Å²) >= 11 is 0. The monoisotopic (exact) mass is 339 g/mol. The smallest absolute Gasteiger partial charge is 0.260 e. The van der Waals surface area contributed by atoms with E-state index >= 15 is 0 Å². The van der Waals surface area contributed by atoms with Crippen molar-refractivity contribution in [2.24, 2.45) is 0 Å². The molecule has 8 nitrogen and oxygen atoms in total. The average Bonchev–Trinajstić information content (AvgIpc) is 3.24. The third-order valence-electron chi connectivity index (χ3n) is 4.10. The third-order valence-corrected chi connectivity index (χ3v) is 4.10. The normalized spacial score (nSPS) is 15.6. The molecule has 2 aromatic heterocycles. The van der Waals surface area contributed by atoms with E-state index in [1.165, 1.54) is 16.4 Å². The number of nitrogens with zero attached hydrogens (tertiary/aromatic N) is 5. The lowest BCUT2D eigenvalue weighted by Gasteiger charge is -2.21. The van der Waals surface area contributed by atoms with Crippen LogP contribution < -0.4 is 9.47 Å². The van der Waals surface area contributed by atoms with Crippen LogP contribution in [0.2, 0.25) is 0 Å². The molecular formula is C17H17N5O3. The Morgan fingerprint density at radius 1 is 1.36 bits per heavy atom. The highest BCUT2D eigenvalue weighted by molar-refractivity contribution is 5.77. The molecular weight excluding hydrogens is 322 g/mol. The molecule has 0 spiro atoms. The van der Waals surface area contributed by atoms with Crippen molar-refractivity contribution in [3.05, 3.63) is 48.3 Å². The van der Waals surface area contributed by atoms with Crippen LogP contribution in [0.5, 0.6) is 11.6 Å². The van der Waals surface area contributed by atoms with Crippen molar-refractivity contribution in [3.63, 3.8) is 0 Å². The molecule has 1 aromatic carbocycles. The maximum absolute atomic E-state index is 12.3. The molecule has 3 heterocycles. The molecule has 0 unspecified atom stereocenters. The SMILES string of the molecule is CN(C[C@H]1Cc2ccccc2O1)C(=O)COc1ccc2nncn2n1. The highest BCUT2D eigenvalue weighted by atomic mass is 16.5. The van der Waals surface area contributed by atoms with Gasteiger partial charge in [-0.2, -0.15) is 4.52 Å². The van der Waals surface area contributed by atoms with E-state index in [0.717, 1.165) is 12.2 Å². The zero-order valence-corrected chi connectivity index (χ0v) is 13.7. The third kappa shape index (κ3) is 3.23. The molecule has 1 amide bonds. The standard InChI is InChI=1S/C17H17N5O3/c1-21(9-13-8-12-4-2-3-5-14(12)25-13)17(23)10-24-16-7-6-15-19-18-11-22(15)20-16/h2-7,11,13H,8-10H2,1H3/t13-/m1/s1. The number of hydrogen-bond acceptors (Lipinski definition) is 6. The maximum Gasteiger partial charge on any atom is 0.260 e. The van der Waals surface area contributed by atoms with Gasteiger partial charge in [0.05, 0.1) is 6.54 Å². The van der Waals surface area contributed by atoms with E-state index in [0.29, 0.717) is 18.1 Å². The predicted molar refractivity (Wildman–Crippen MR) is 88.5 cm³/mol. The van der Waals surface area contributed by atoms with Gasteiger partial charge in [-0.05, 0) is 17.7 Å². The second kappa shape index (κ2) is 6.39. The van der Waals surface area contributed by atoms with Crippen LogP contribution in [-0.2, 0) is 11.2 Å². The fourth-order valence-electron chi connectivity index (χ4n) is 2.80. The minimum Gasteiger partial charge on any atom is -0.488 e. The van der Waals surface area contributed by atoms with Crippen molar-refractivity contribution < 1.29 is 14.3 Å². The molecule has 0 saturated carbocycles. The van der Waals surface area contributed by atoms with Crippen molar-refractivity contribution >= 4 is 11.6 Å². The van der Waals surface area contributed by atoms with Gasteiger partial charge in [-0.3, -0.25) is 4.79 Å². The number of likely N-dealkylation sites (N-methyl/N-ethyl adjacent to an activating group) is 1. The lowest BCUT2D eigenvalue weighted by molar-refractivity contribution is -0.133. The summed E-state index contributed by atoms with van der Waals surface area (Å²) < 4.78 is 12.8. The number of rotatable bonds is 5. The zero-order valence-electron chi connectivity index (χ0n) is 13.7. The number of fused-ring (bicyclic) bond motifs is 2. The van der Waals surface area contributed by atoms with Crippen LogP contribution in [-0.4, -0.2) is 56.9 Å². The largest absolute Gasteiger partial charge is 0.488 e. The predicted octanol–water partition coefficient (Wildman–Crippen LogP) is 0.965. The van der Waals surface area contributed by atoms with Crippen LogP contribution in [0, 0.1) is 0 Å². The highest BCUT2D eigenvalue weighted by Gasteiger charge is 2.25. The van der Waals surface area contributed by atoms with Gasteiger partial charge in [0, 0.05) is 19.5 Å². The summed E-state index contributed by atoms with van der Waals surface area (Å²) in [6, 6.07) is 11.3. The Hall–Kier alpha value is -3.16. The lowest BCUT2D eigenvalue weighted by Crippen LogP contribution is -2.38. The van der Waals surface area contributed by atoms with E-state index in [1.807, 2.05) is 24.3 Å². The van der Waals surface area contributed by atoms with Crippen LogP contribution >= 0.6 is 0 Å². The molecule has 8 heteroatoms. The highest BCUT2D eigenvalue weighted by Crippen LogP contribution is 2.28. The van der Waals surface area contributed by atoms with Crippen molar-refractivity contribution in [1.82, 2.24) is 24.7 Å². The van der Waals surface area contributed by atoms with Crippen LogP contribution in [0.25, 0.3) is 5.65 Å². The van der Waals surface area contributed by atoms with E-state index in [2.05, 4.69) is 15.3 Å². The first-order valence-electron chi connectivity index (χ1n) is 7.97. The van der Waals surface area contributed by atoms with Gasteiger partial charge in [0.2, 0.25) is 5.88 Å². The Kier molecular flexibility index (Phi) is 3.93. The van der Waals surface area contributed by atoms with E-state index in [4.69, 9.17) is 9.47 Å². The molecule has 0 fully saturated rings. The number of benzene rings is 1. The molecule has 1 aliphatic heterocycles. The lowest BCUT2D eigenvalue weighted by atomic mass is 10.1. The maximum atomic E-state index is 12.3. The van der Waals surface area contributed by atoms with Crippen LogP contribution in [0.4, 0.5) is 0 Å². The topological polar surface area (TPSA) is 81.8 Å². The van der Waals surface area contributed by atoms with Crippen LogP contribution in [0.3, 0.4) is 0 Å². The summed E-state index contributed by atoms with van der Waals surface area (Å²) in [7, 11) is 1.74. The Morgan fingerprint density at radius 2 is 2.24 bits per heavy atom. The van der Waals surface area contributed by atoms with Gasteiger partial charge in [0.15, 0.2) is 12.3 Å². The summed E-state index contributed by atoms with van der Waals surface area (Å²) in [5, 5.41) is 11.8. The molecule has 1 atom stereocenters. The summed E-state index contributed by atoms with van der Waals surface area (Å²) in [6.45, 7) is 0.422. The van der Waals surface area contributed by atoms with Gasteiger partial charge in [-0.25, -0.2) is 0 Å². The van der Waals surface area contributed by atoms with E-state index in [1.54, 1.807) is 24.1 Å². The Balaban J connectivity index is 1.30. The van der Waals surface area contributed by atoms with Gasteiger partial charge in [-0.15, -0.1) is 15.3 Å². The summed E-state index contributed by atoms with van der Waals surface area (Å²) in [5.74, 6) is 1.11. The van der Waals surface area contributed by atoms with Crippen molar-refractivity contribution in [2.75, 3.05) is 20.2 Å². The molecule has 0 N–H and O–H groups in total. The second-order valence-electron chi connectivity index (χ2n) is 5.92. The van der Waals surface area contributed by atoms with Gasteiger partial charge in [0.25, 0.3) is 5.91 Å². The van der Waals surface area contributed by atoms with Crippen molar-refractivity contribution in [1.29, 1.82) is 0 Å². The Bertz CT molecular complexity index is 885. The average molecular weight is 339 g/mol. The first-order valence-corrected chi connectivity index (χ1v) is 7.97. The molecule has 4 rings (SSSR count). The summed E-state index contributed by atoms with van der Waals surface area (Å²) in [4.78, 5) is 13.9. The quantitative estimate of drug-likeness (QED) is 0.689. The number of para-hydroxylation sites is 1.